The number of nitrogens with zero attached hydrogens (tertiary/aromatic N) is 1. The maximum Gasteiger partial charge on any atom is 0.226 e. The highest BCUT2D eigenvalue weighted by Gasteiger charge is 2.10. The molecule has 0 aliphatic heterocycles. The van der Waals surface area contributed by atoms with E-state index in [1.165, 1.54) is 0 Å². The van der Waals surface area contributed by atoms with E-state index in [4.69, 9.17) is 0 Å². The van der Waals surface area contributed by atoms with Gasteiger partial charge in [-0.1, -0.05) is 30.3 Å². The number of rotatable bonds is 4. The number of carbonyl (C=O) groups is 1. The fraction of sp³-hybridized carbons (Fsp3) is 0.286. The molecule has 1 heterocycles. The van der Waals surface area contributed by atoms with Crippen LogP contribution in [-0.4, -0.2) is 10.9 Å². The van der Waals surface area contributed by atoms with Gasteiger partial charge in [0.2, 0.25) is 5.91 Å². The summed E-state index contributed by atoms with van der Waals surface area (Å²) in [7, 11) is 0. The number of carbonyl (C=O) groups excluding carboxylic acids is 1. The smallest absolute Gasteiger partial charge is 0.226 e. The van der Waals surface area contributed by atoms with Crippen molar-refractivity contribution in [2.75, 3.05) is 0 Å². The summed E-state index contributed by atoms with van der Waals surface area (Å²) in [5.74, 6) is 0.0108. The molecule has 0 fully saturated rings. The maximum absolute atomic E-state index is 11.9. The lowest BCUT2D eigenvalue weighted by atomic mass is 10.1. The van der Waals surface area contributed by atoms with Gasteiger partial charge in [-0.25, -0.2) is 4.98 Å². The Morgan fingerprint density at radius 2 is 2.11 bits per heavy atom. The Morgan fingerprint density at radius 1 is 1.39 bits per heavy atom. The van der Waals surface area contributed by atoms with Gasteiger partial charge in [-0.15, -0.1) is 11.3 Å². The molecule has 0 aliphatic carbocycles. The molecular formula is C14H16N2OS. The Bertz CT molecular complexity index is 522. The molecule has 1 aromatic carbocycles. The number of hydrogen-bond acceptors (Lipinski definition) is 3. The summed E-state index contributed by atoms with van der Waals surface area (Å²) in [6, 6.07) is 9.97. The molecule has 2 rings (SSSR count). The highest BCUT2D eigenvalue weighted by molar-refractivity contribution is 7.09. The van der Waals surface area contributed by atoms with Gasteiger partial charge in [0.15, 0.2) is 0 Å². The summed E-state index contributed by atoms with van der Waals surface area (Å²) in [6.45, 7) is 3.93. The summed E-state index contributed by atoms with van der Waals surface area (Å²) in [4.78, 5) is 16.1. The van der Waals surface area contributed by atoms with Gasteiger partial charge in [0.05, 0.1) is 23.2 Å². The Labute approximate surface area is 111 Å². The van der Waals surface area contributed by atoms with E-state index in [9.17, 15) is 4.79 Å². The first-order chi connectivity index (χ1) is 8.65. The standard InChI is InChI=1S/C14H16N2OS/c1-10(12-6-4-3-5-7-12)15-14(17)8-13-9-18-11(2)16-13/h3-7,9-10H,8H2,1-2H3,(H,15,17). The zero-order valence-corrected chi connectivity index (χ0v) is 11.3. The lowest BCUT2D eigenvalue weighted by Crippen LogP contribution is -2.28. The monoisotopic (exact) mass is 260 g/mol. The predicted octanol–water partition coefficient (Wildman–Crippen LogP) is 2.87. The summed E-state index contributed by atoms with van der Waals surface area (Å²) < 4.78 is 0. The van der Waals surface area contributed by atoms with E-state index in [1.54, 1.807) is 11.3 Å². The average molecular weight is 260 g/mol. The van der Waals surface area contributed by atoms with Gasteiger partial charge in [-0.3, -0.25) is 4.79 Å². The van der Waals surface area contributed by atoms with E-state index >= 15 is 0 Å². The molecule has 3 nitrogen and oxygen atoms in total. The number of hydrogen-bond donors (Lipinski definition) is 1. The van der Waals surface area contributed by atoms with E-state index < -0.39 is 0 Å². The van der Waals surface area contributed by atoms with Gasteiger partial charge in [0.25, 0.3) is 0 Å². The van der Waals surface area contributed by atoms with Crippen molar-refractivity contribution in [2.45, 2.75) is 26.3 Å². The highest BCUT2D eigenvalue weighted by atomic mass is 32.1. The van der Waals surface area contributed by atoms with Crippen molar-refractivity contribution in [3.63, 3.8) is 0 Å². The van der Waals surface area contributed by atoms with Crippen LogP contribution in [0.3, 0.4) is 0 Å². The lowest BCUT2D eigenvalue weighted by Gasteiger charge is -2.13. The van der Waals surface area contributed by atoms with Crippen LogP contribution in [0.5, 0.6) is 0 Å². The van der Waals surface area contributed by atoms with Crippen LogP contribution in [0.15, 0.2) is 35.7 Å². The van der Waals surface area contributed by atoms with Crippen molar-refractivity contribution in [3.05, 3.63) is 52.0 Å². The Hall–Kier alpha value is -1.68. The second-order valence-corrected chi connectivity index (χ2v) is 5.30. The molecule has 1 aromatic heterocycles. The fourth-order valence-corrected chi connectivity index (χ4v) is 2.38. The normalized spacial score (nSPS) is 12.1. The summed E-state index contributed by atoms with van der Waals surface area (Å²) in [5, 5.41) is 5.91. The third-order valence-corrected chi connectivity index (χ3v) is 3.51. The second kappa shape index (κ2) is 5.78. The number of nitrogens with one attached hydrogen (secondary N) is 1. The molecule has 1 atom stereocenters. The van der Waals surface area contributed by atoms with Crippen LogP contribution >= 0.6 is 11.3 Å². The van der Waals surface area contributed by atoms with Gasteiger partial charge in [-0.05, 0) is 19.4 Å². The predicted molar refractivity (Wildman–Crippen MR) is 73.6 cm³/mol. The topological polar surface area (TPSA) is 42.0 Å². The molecule has 1 unspecified atom stereocenters. The van der Waals surface area contributed by atoms with Gasteiger partial charge in [0.1, 0.15) is 0 Å². The van der Waals surface area contributed by atoms with Crippen LogP contribution in [0.1, 0.15) is 29.2 Å². The molecule has 1 amide bonds. The Morgan fingerprint density at radius 3 is 2.72 bits per heavy atom. The summed E-state index contributed by atoms with van der Waals surface area (Å²) >= 11 is 1.57. The second-order valence-electron chi connectivity index (χ2n) is 4.23. The van der Waals surface area contributed by atoms with Crippen LogP contribution < -0.4 is 5.32 Å². The first kappa shape index (κ1) is 12.8. The van der Waals surface area contributed by atoms with Gasteiger partial charge in [0, 0.05) is 5.38 Å². The van der Waals surface area contributed by atoms with E-state index in [2.05, 4.69) is 10.3 Å². The van der Waals surface area contributed by atoms with E-state index in [0.29, 0.717) is 6.42 Å². The van der Waals surface area contributed by atoms with Crippen molar-refractivity contribution in [3.8, 4) is 0 Å². The van der Waals surface area contributed by atoms with Crippen molar-refractivity contribution in [2.24, 2.45) is 0 Å². The van der Waals surface area contributed by atoms with Crippen molar-refractivity contribution in [1.29, 1.82) is 0 Å². The van der Waals surface area contributed by atoms with Crippen LogP contribution in [0.2, 0.25) is 0 Å². The first-order valence-corrected chi connectivity index (χ1v) is 6.78. The molecule has 0 spiro atoms. The lowest BCUT2D eigenvalue weighted by molar-refractivity contribution is -0.121. The molecule has 0 saturated heterocycles. The third-order valence-electron chi connectivity index (χ3n) is 2.69. The third kappa shape index (κ3) is 3.40. The van der Waals surface area contributed by atoms with Gasteiger partial charge in [-0.2, -0.15) is 0 Å². The molecule has 0 bridgehead atoms. The molecule has 2 aromatic rings. The zero-order valence-electron chi connectivity index (χ0n) is 10.5. The molecular weight excluding hydrogens is 244 g/mol. The van der Waals surface area contributed by atoms with Crippen LogP contribution in [-0.2, 0) is 11.2 Å². The number of aromatic nitrogens is 1. The fourth-order valence-electron chi connectivity index (χ4n) is 1.77. The number of aryl methyl sites for hydroxylation is 1. The van der Waals surface area contributed by atoms with E-state index in [0.717, 1.165) is 16.3 Å². The van der Waals surface area contributed by atoms with E-state index in [1.807, 2.05) is 49.6 Å². The van der Waals surface area contributed by atoms with Gasteiger partial charge >= 0.3 is 0 Å². The molecule has 1 N–H and O–H groups in total. The highest BCUT2D eigenvalue weighted by Crippen LogP contribution is 2.12. The largest absolute Gasteiger partial charge is 0.349 e. The minimum Gasteiger partial charge on any atom is -0.349 e. The quantitative estimate of drug-likeness (QED) is 0.918. The molecule has 0 radical (unpaired) electrons. The Kier molecular flexibility index (Phi) is 4.10. The summed E-state index contributed by atoms with van der Waals surface area (Å²) in [5.41, 5.74) is 1.95. The molecule has 0 aliphatic rings. The number of benzene rings is 1. The van der Waals surface area contributed by atoms with Crippen molar-refractivity contribution in [1.82, 2.24) is 10.3 Å². The van der Waals surface area contributed by atoms with E-state index in [-0.39, 0.29) is 11.9 Å². The SMILES string of the molecule is Cc1nc(CC(=O)NC(C)c2ccccc2)cs1. The van der Waals surface area contributed by atoms with Crippen molar-refractivity contribution >= 4 is 17.2 Å². The minimum absolute atomic E-state index is 0.0108. The Balaban J connectivity index is 1.92. The maximum atomic E-state index is 11.9. The average Bonchev–Trinajstić information content (AvgIpc) is 2.75. The minimum atomic E-state index is 0.0108. The molecule has 18 heavy (non-hydrogen) atoms. The summed E-state index contributed by atoms with van der Waals surface area (Å²) in [6.07, 6.45) is 0.349. The van der Waals surface area contributed by atoms with Gasteiger partial charge < -0.3 is 5.32 Å². The molecule has 4 heteroatoms. The zero-order chi connectivity index (χ0) is 13.0. The van der Waals surface area contributed by atoms with Crippen LogP contribution in [0.4, 0.5) is 0 Å². The number of amides is 1. The van der Waals surface area contributed by atoms with Crippen LogP contribution in [0, 0.1) is 6.92 Å². The van der Waals surface area contributed by atoms with Crippen molar-refractivity contribution < 1.29 is 4.79 Å². The number of thiazole rings is 1. The molecule has 0 saturated carbocycles. The molecule has 94 valence electrons. The first-order valence-electron chi connectivity index (χ1n) is 5.90. The van der Waals surface area contributed by atoms with Crippen LogP contribution in [0.25, 0.3) is 0 Å².